The lowest BCUT2D eigenvalue weighted by Crippen LogP contribution is -2.46. The van der Waals surface area contributed by atoms with Crippen molar-refractivity contribution in [3.05, 3.63) is 65.0 Å². The maximum atomic E-state index is 14.3. The number of Topliss-reactive ketones (excluding diaryl/α,β-unsaturated/α-hetero) is 1. The van der Waals surface area contributed by atoms with Gasteiger partial charge in [0.05, 0.1) is 11.3 Å². The molecule has 0 radical (unpaired) electrons. The van der Waals surface area contributed by atoms with Gasteiger partial charge >= 0.3 is 5.97 Å². The highest BCUT2D eigenvalue weighted by Crippen LogP contribution is 2.23. The van der Waals surface area contributed by atoms with E-state index in [1.165, 1.54) is 13.0 Å². The highest BCUT2D eigenvalue weighted by atomic mass is 19.1. The van der Waals surface area contributed by atoms with E-state index >= 15 is 0 Å². The first-order valence-electron chi connectivity index (χ1n) is 8.54. The number of hydrogen-bond acceptors (Lipinski definition) is 4. The first-order chi connectivity index (χ1) is 12.4. The molecule has 1 aliphatic rings. The van der Waals surface area contributed by atoms with Gasteiger partial charge in [0.2, 0.25) is 0 Å². The van der Waals surface area contributed by atoms with Crippen molar-refractivity contribution in [1.29, 1.82) is 0 Å². The zero-order chi connectivity index (χ0) is 18.7. The summed E-state index contributed by atoms with van der Waals surface area (Å²) in [5, 5.41) is 9.08. The molecule has 0 aromatic heterocycles. The van der Waals surface area contributed by atoms with Crippen molar-refractivity contribution >= 4 is 17.4 Å². The van der Waals surface area contributed by atoms with E-state index in [1.807, 2.05) is 11.0 Å². The van der Waals surface area contributed by atoms with Crippen LogP contribution in [0.5, 0.6) is 0 Å². The van der Waals surface area contributed by atoms with Gasteiger partial charge in [0, 0.05) is 38.3 Å². The Hall–Kier alpha value is -2.73. The highest BCUT2D eigenvalue weighted by molar-refractivity contribution is 5.94. The Kier molecular flexibility index (Phi) is 5.32. The molecular formula is C20H21FN2O3. The monoisotopic (exact) mass is 356 g/mol. The maximum Gasteiger partial charge on any atom is 0.335 e. The van der Waals surface area contributed by atoms with E-state index in [0.29, 0.717) is 30.9 Å². The first-order valence-corrected chi connectivity index (χ1v) is 8.54. The molecule has 0 spiro atoms. The summed E-state index contributed by atoms with van der Waals surface area (Å²) in [5.74, 6) is -1.45. The number of carboxylic acids is 1. The minimum absolute atomic E-state index is 0.149. The summed E-state index contributed by atoms with van der Waals surface area (Å²) in [7, 11) is 0. The van der Waals surface area contributed by atoms with Gasteiger partial charge in [0.1, 0.15) is 5.82 Å². The molecule has 0 amide bonds. The minimum atomic E-state index is -0.929. The SMILES string of the molecule is CC(=O)c1ccc(N2CCN(Cc3cccc(C(=O)O)c3)CC2)c(F)c1. The summed E-state index contributed by atoms with van der Waals surface area (Å²) < 4.78 is 14.3. The molecule has 0 bridgehead atoms. The van der Waals surface area contributed by atoms with E-state index in [1.54, 1.807) is 30.3 Å². The number of carbonyl (C=O) groups is 2. The number of piperazine rings is 1. The van der Waals surface area contributed by atoms with Crippen molar-refractivity contribution < 1.29 is 19.1 Å². The molecule has 1 heterocycles. The van der Waals surface area contributed by atoms with Crippen molar-refractivity contribution in [1.82, 2.24) is 4.90 Å². The lowest BCUT2D eigenvalue weighted by atomic mass is 10.1. The van der Waals surface area contributed by atoms with E-state index in [0.717, 1.165) is 18.7 Å². The third kappa shape index (κ3) is 4.08. The second-order valence-electron chi connectivity index (χ2n) is 6.49. The number of carbonyl (C=O) groups excluding carboxylic acids is 1. The van der Waals surface area contributed by atoms with Crippen molar-refractivity contribution in [2.75, 3.05) is 31.1 Å². The van der Waals surface area contributed by atoms with Crippen LogP contribution >= 0.6 is 0 Å². The molecule has 3 rings (SSSR count). The lowest BCUT2D eigenvalue weighted by molar-refractivity contribution is 0.0696. The smallest absolute Gasteiger partial charge is 0.335 e. The summed E-state index contributed by atoms with van der Waals surface area (Å²) in [6.07, 6.45) is 0. The molecule has 136 valence electrons. The Morgan fingerprint density at radius 2 is 1.77 bits per heavy atom. The molecule has 2 aromatic carbocycles. The van der Waals surface area contributed by atoms with Crippen LogP contribution in [0.25, 0.3) is 0 Å². The number of rotatable bonds is 5. The fourth-order valence-corrected chi connectivity index (χ4v) is 3.19. The summed E-state index contributed by atoms with van der Waals surface area (Å²) in [5.41, 5.74) is 2.13. The molecule has 0 aliphatic carbocycles. The van der Waals surface area contributed by atoms with Gasteiger partial charge in [-0.15, -0.1) is 0 Å². The molecule has 0 saturated carbocycles. The van der Waals surface area contributed by atoms with Gasteiger partial charge < -0.3 is 10.0 Å². The van der Waals surface area contributed by atoms with Crippen molar-refractivity contribution in [3.63, 3.8) is 0 Å². The molecule has 1 N–H and O–H groups in total. The van der Waals surface area contributed by atoms with E-state index in [4.69, 9.17) is 5.11 Å². The van der Waals surface area contributed by atoms with Crippen molar-refractivity contribution in [2.24, 2.45) is 0 Å². The topological polar surface area (TPSA) is 60.9 Å². The Morgan fingerprint density at radius 1 is 1.04 bits per heavy atom. The number of nitrogens with zero attached hydrogens (tertiary/aromatic N) is 2. The third-order valence-electron chi connectivity index (χ3n) is 4.65. The molecule has 1 fully saturated rings. The number of hydrogen-bond donors (Lipinski definition) is 1. The fourth-order valence-electron chi connectivity index (χ4n) is 3.19. The Balaban J connectivity index is 1.62. The fraction of sp³-hybridized carbons (Fsp3) is 0.300. The zero-order valence-electron chi connectivity index (χ0n) is 14.6. The Morgan fingerprint density at radius 3 is 2.38 bits per heavy atom. The number of benzene rings is 2. The average molecular weight is 356 g/mol. The molecule has 0 unspecified atom stereocenters. The molecule has 0 atom stereocenters. The molecule has 1 saturated heterocycles. The second kappa shape index (κ2) is 7.66. The maximum absolute atomic E-state index is 14.3. The summed E-state index contributed by atoms with van der Waals surface area (Å²) >= 11 is 0. The van der Waals surface area contributed by atoms with Gasteiger partial charge in [-0.25, -0.2) is 9.18 Å². The lowest BCUT2D eigenvalue weighted by Gasteiger charge is -2.36. The third-order valence-corrected chi connectivity index (χ3v) is 4.65. The molecule has 26 heavy (non-hydrogen) atoms. The van der Waals surface area contributed by atoms with Gasteiger partial charge in [-0.2, -0.15) is 0 Å². The van der Waals surface area contributed by atoms with Crippen molar-refractivity contribution in [2.45, 2.75) is 13.5 Å². The van der Waals surface area contributed by atoms with Gasteiger partial charge in [-0.05, 0) is 42.8 Å². The van der Waals surface area contributed by atoms with Crippen LogP contribution in [0, 0.1) is 5.82 Å². The van der Waals surface area contributed by atoms with Gasteiger partial charge in [0.15, 0.2) is 5.78 Å². The van der Waals surface area contributed by atoms with Crippen LogP contribution in [-0.4, -0.2) is 47.9 Å². The van der Waals surface area contributed by atoms with E-state index in [2.05, 4.69) is 4.90 Å². The first kappa shape index (κ1) is 18.1. The second-order valence-corrected chi connectivity index (χ2v) is 6.49. The number of carboxylic acid groups (broad SMARTS) is 1. The number of aromatic carboxylic acids is 1. The Bertz CT molecular complexity index is 830. The molecule has 5 nitrogen and oxygen atoms in total. The van der Waals surface area contributed by atoms with Crippen LogP contribution in [0.15, 0.2) is 42.5 Å². The molecular weight excluding hydrogens is 335 g/mol. The molecule has 2 aromatic rings. The van der Waals surface area contributed by atoms with Crippen molar-refractivity contribution in [3.8, 4) is 0 Å². The average Bonchev–Trinajstić information content (AvgIpc) is 2.62. The van der Waals surface area contributed by atoms with Crippen LogP contribution < -0.4 is 4.90 Å². The number of anilines is 1. The van der Waals surface area contributed by atoms with Crippen LogP contribution in [0.2, 0.25) is 0 Å². The molecule has 1 aliphatic heterocycles. The van der Waals surface area contributed by atoms with E-state index in [9.17, 15) is 14.0 Å². The molecule has 6 heteroatoms. The Labute approximate surface area is 151 Å². The summed E-state index contributed by atoms with van der Waals surface area (Å²) in [4.78, 5) is 26.6. The van der Waals surface area contributed by atoms with Gasteiger partial charge in [0.25, 0.3) is 0 Å². The van der Waals surface area contributed by atoms with Crippen LogP contribution in [0.1, 0.15) is 33.2 Å². The van der Waals surface area contributed by atoms with E-state index in [-0.39, 0.29) is 17.2 Å². The summed E-state index contributed by atoms with van der Waals surface area (Å²) in [6.45, 7) is 4.95. The van der Waals surface area contributed by atoms with Gasteiger partial charge in [-0.3, -0.25) is 9.69 Å². The zero-order valence-corrected chi connectivity index (χ0v) is 14.6. The van der Waals surface area contributed by atoms with Gasteiger partial charge in [-0.1, -0.05) is 12.1 Å². The number of ketones is 1. The van der Waals surface area contributed by atoms with Crippen LogP contribution in [0.4, 0.5) is 10.1 Å². The predicted octanol–water partition coefficient (Wildman–Crippen LogP) is 3.05. The standard InChI is InChI=1S/C20H21FN2O3/c1-14(24)16-5-6-19(18(21)12-16)23-9-7-22(8-10-23)13-15-3-2-4-17(11-15)20(25)26/h2-6,11-12H,7-10,13H2,1H3,(H,25,26). The van der Waals surface area contributed by atoms with Crippen LogP contribution in [-0.2, 0) is 6.54 Å². The summed E-state index contributed by atoms with van der Waals surface area (Å²) in [6, 6.07) is 11.6. The highest BCUT2D eigenvalue weighted by Gasteiger charge is 2.20. The predicted molar refractivity (Wildman–Crippen MR) is 97.3 cm³/mol. The minimum Gasteiger partial charge on any atom is -0.478 e. The quantitative estimate of drug-likeness (QED) is 0.835. The normalized spacial score (nSPS) is 15.1. The largest absolute Gasteiger partial charge is 0.478 e. The van der Waals surface area contributed by atoms with Crippen LogP contribution in [0.3, 0.4) is 0 Å². The number of halogens is 1. The van der Waals surface area contributed by atoms with E-state index < -0.39 is 5.97 Å².